The Hall–Kier alpha value is -3.01. The summed E-state index contributed by atoms with van der Waals surface area (Å²) in [5, 5.41) is 5.25. The third-order valence-electron chi connectivity index (χ3n) is 5.23. The summed E-state index contributed by atoms with van der Waals surface area (Å²) < 4.78 is 41.5. The van der Waals surface area contributed by atoms with Crippen LogP contribution in [0.25, 0.3) is 0 Å². The number of alkyl halides is 3. The second-order valence-corrected chi connectivity index (χ2v) is 8.37. The Kier molecular flexibility index (Phi) is 8.60. The first kappa shape index (κ1) is 25.6. The summed E-state index contributed by atoms with van der Waals surface area (Å²) in [7, 11) is 0. The highest BCUT2D eigenvalue weighted by Gasteiger charge is 2.29. The second kappa shape index (κ2) is 11.4. The predicted octanol–water partition coefficient (Wildman–Crippen LogP) is 4.81. The van der Waals surface area contributed by atoms with E-state index in [1.54, 1.807) is 6.07 Å². The fourth-order valence-corrected chi connectivity index (χ4v) is 3.81. The normalized spacial score (nSPS) is 14.6. The lowest BCUT2D eigenvalue weighted by atomic mass is 10.1. The smallest absolute Gasteiger partial charge is 0.422 e. The molecule has 0 bridgehead atoms. The minimum atomic E-state index is -4.55. The van der Waals surface area contributed by atoms with Crippen LogP contribution in [0.15, 0.2) is 36.5 Å². The lowest BCUT2D eigenvalue weighted by Gasteiger charge is -2.20. The van der Waals surface area contributed by atoms with Gasteiger partial charge in [0.15, 0.2) is 6.61 Å². The molecule has 11 heteroatoms. The molecule has 3 rings (SSSR count). The molecule has 0 radical (unpaired) electrons. The number of ether oxygens (including phenoxy) is 1. The van der Waals surface area contributed by atoms with Crippen molar-refractivity contribution in [3.05, 3.63) is 47.1 Å². The van der Waals surface area contributed by atoms with Crippen molar-refractivity contribution in [2.45, 2.75) is 44.8 Å². The van der Waals surface area contributed by atoms with Crippen molar-refractivity contribution in [3.63, 3.8) is 0 Å². The number of hydrogen-bond donors (Lipinski definition) is 2. The summed E-state index contributed by atoms with van der Waals surface area (Å²) in [6, 6.07) is 7.87. The van der Waals surface area contributed by atoms with Crippen LogP contribution in [-0.4, -0.2) is 48.7 Å². The van der Waals surface area contributed by atoms with Gasteiger partial charge >= 0.3 is 6.18 Å². The van der Waals surface area contributed by atoms with Crippen molar-refractivity contribution in [1.29, 1.82) is 0 Å². The molecule has 1 aromatic heterocycles. The number of anilines is 2. The van der Waals surface area contributed by atoms with E-state index >= 15 is 0 Å². The number of carbonyl (C=O) groups is 2. The third-order valence-corrected chi connectivity index (χ3v) is 5.50. The van der Waals surface area contributed by atoms with Gasteiger partial charge in [0.1, 0.15) is 11.1 Å². The monoisotopic (exact) mass is 498 g/mol. The summed E-state index contributed by atoms with van der Waals surface area (Å²) in [6.45, 7) is 2.28. The van der Waals surface area contributed by atoms with Gasteiger partial charge in [0, 0.05) is 30.7 Å². The first-order valence-electron chi connectivity index (χ1n) is 11.0. The number of nitrogens with zero attached hydrogens (tertiary/aromatic N) is 2. The van der Waals surface area contributed by atoms with E-state index in [0.29, 0.717) is 18.5 Å². The van der Waals surface area contributed by atoms with Crippen LogP contribution in [0.1, 0.15) is 43.0 Å². The van der Waals surface area contributed by atoms with Gasteiger partial charge in [0.05, 0.1) is 5.56 Å². The summed E-state index contributed by atoms with van der Waals surface area (Å²) in [6.07, 6.45) is -0.207. The summed E-state index contributed by atoms with van der Waals surface area (Å²) in [4.78, 5) is 31.5. The Morgan fingerprint density at radius 3 is 2.62 bits per heavy atom. The van der Waals surface area contributed by atoms with Crippen molar-refractivity contribution in [2.24, 2.45) is 0 Å². The van der Waals surface area contributed by atoms with Gasteiger partial charge in [-0.1, -0.05) is 31.0 Å². The maximum atomic E-state index is 12.9. The minimum absolute atomic E-state index is 0.00528. The highest BCUT2D eigenvalue weighted by Crippen LogP contribution is 2.26. The molecule has 1 unspecified atom stereocenters. The molecule has 1 aromatic carbocycles. The molecule has 1 fully saturated rings. The van der Waals surface area contributed by atoms with E-state index in [1.807, 2.05) is 25.1 Å². The first-order chi connectivity index (χ1) is 16.2. The molecule has 2 N–H and O–H groups in total. The zero-order valence-electron chi connectivity index (χ0n) is 18.6. The average Bonchev–Trinajstić information content (AvgIpc) is 3.32. The second-order valence-electron chi connectivity index (χ2n) is 7.96. The molecule has 2 heterocycles. The Bertz CT molecular complexity index is 1010. The summed E-state index contributed by atoms with van der Waals surface area (Å²) in [5.74, 6) is -1.44. The van der Waals surface area contributed by atoms with Crippen molar-refractivity contribution < 1.29 is 27.5 Å². The largest absolute Gasteiger partial charge is 0.467 e. The zero-order valence-corrected chi connectivity index (χ0v) is 19.4. The molecule has 2 amide bonds. The quantitative estimate of drug-likeness (QED) is 0.518. The van der Waals surface area contributed by atoms with E-state index in [0.717, 1.165) is 43.9 Å². The Morgan fingerprint density at radius 2 is 1.97 bits per heavy atom. The molecule has 34 heavy (non-hydrogen) atoms. The fourth-order valence-electron chi connectivity index (χ4n) is 3.59. The van der Waals surface area contributed by atoms with Gasteiger partial charge < -0.3 is 20.3 Å². The highest BCUT2D eigenvalue weighted by atomic mass is 35.5. The van der Waals surface area contributed by atoms with E-state index in [9.17, 15) is 22.8 Å². The van der Waals surface area contributed by atoms with Crippen molar-refractivity contribution in [3.8, 4) is 5.88 Å². The SMILES string of the molecule is CCCC(NC(=O)c1cnc(OCC(F)(F)F)c(Cl)c1)C(=O)Nc1cccc(N2CCCC2)c1. The molecular formula is C23H26ClF3N4O3. The zero-order chi connectivity index (χ0) is 24.7. The van der Waals surface area contributed by atoms with Gasteiger partial charge in [-0.2, -0.15) is 13.2 Å². The molecule has 184 valence electrons. The molecule has 0 spiro atoms. The number of pyridine rings is 1. The van der Waals surface area contributed by atoms with Crippen LogP contribution in [0, 0.1) is 0 Å². The maximum absolute atomic E-state index is 12.9. The standard InChI is InChI=1S/C23H26ClF3N4O3/c1-2-6-19(21(33)29-16-7-5-8-17(12-16)31-9-3-4-10-31)30-20(32)15-11-18(24)22(28-13-15)34-14-23(25,26)27/h5,7-8,11-13,19H,2-4,6,9-10,14H2,1H3,(H,29,33)(H,30,32). The van der Waals surface area contributed by atoms with Gasteiger partial charge in [-0.3, -0.25) is 9.59 Å². The average molecular weight is 499 g/mol. The number of rotatable bonds is 9. The first-order valence-corrected chi connectivity index (χ1v) is 11.4. The van der Waals surface area contributed by atoms with Gasteiger partial charge in [0.2, 0.25) is 11.8 Å². The van der Waals surface area contributed by atoms with Crippen LogP contribution in [0.5, 0.6) is 5.88 Å². The molecule has 1 aliphatic rings. The molecular weight excluding hydrogens is 473 g/mol. The number of amides is 2. The molecule has 0 aliphatic carbocycles. The van der Waals surface area contributed by atoms with Crippen LogP contribution < -0.4 is 20.3 Å². The number of benzene rings is 1. The number of carbonyl (C=O) groups excluding carboxylic acids is 2. The van der Waals surface area contributed by atoms with E-state index in [-0.39, 0.29) is 16.5 Å². The molecule has 1 saturated heterocycles. The van der Waals surface area contributed by atoms with Crippen LogP contribution in [0.3, 0.4) is 0 Å². The van der Waals surface area contributed by atoms with Crippen LogP contribution in [-0.2, 0) is 4.79 Å². The maximum Gasteiger partial charge on any atom is 0.422 e. The number of halogens is 4. The fraction of sp³-hybridized carbons (Fsp3) is 0.435. The van der Waals surface area contributed by atoms with E-state index < -0.39 is 30.6 Å². The minimum Gasteiger partial charge on any atom is -0.467 e. The number of aromatic nitrogens is 1. The van der Waals surface area contributed by atoms with E-state index in [4.69, 9.17) is 11.6 Å². The van der Waals surface area contributed by atoms with Gasteiger partial charge in [-0.15, -0.1) is 0 Å². The third kappa shape index (κ3) is 7.24. The Balaban J connectivity index is 1.65. The van der Waals surface area contributed by atoms with Gasteiger partial charge in [-0.05, 0) is 43.5 Å². The summed E-state index contributed by atoms with van der Waals surface area (Å²) in [5.41, 5.74) is 1.65. The predicted molar refractivity (Wildman–Crippen MR) is 123 cm³/mol. The molecule has 0 saturated carbocycles. The van der Waals surface area contributed by atoms with Gasteiger partial charge in [0.25, 0.3) is 5.91 Å². The number of hydrogen-bond acceptors (Lipinski definition) is 5. The molecule has 1 atom stereocenters. The van der Waals surface area contributed by atoms with Crippen molar-refractivity contribution in [1.82, 2.24) is 10.3 Å². The lowest BCUT2D eigenvalue weighted by Crippen LogP contribution is -2.43. The van der Waals surface area contributed by atoms with Crippen molar-refractivity contribution in [2.75, 3.05) is 29.9 Å². The van der Waals surface area contributed by atoms with Crippen LogP contribution >= 0.6 is 11.6 Å². The number of nitrogens with one attached hydrogen (secondary N) is 2. The lowest BCUT2D eigenvalue weighted by molar-refractivity contribution is -0.154. The molecule has 7 nitrogen and oxygen atoms in total. The summed E-state index contributed by atoms with van der Waals surface area (Å²) >= 11 is 5.92. The van der Waals surface area contributed by atoms with Crippen LogP contribution in [0.4, 0.5) is 24.5 Å². The Morgan fingerprint density at radius 1 is 1.24 bits per heavy atom. The van der Waals surface area contributed by atoms with E-state index in [2.05, 4.69) is 25.3 Å². The topological polar surface area (TPSA) is 83.6 Å². The molecule has 1 aliphatic heterocycles. The van der Waals surface area contributed by atoms with Crippen molar-refractivity contribution >= 4 is 34.8 Å². The highest BCUT2D eigenvalue weighted by molar-refractivity contribution is 6.32. The molecule has 2 aromatic rings. The Labute approximate surface area is 200 Å². The van der Waals surface area contributed by atoms with E-state index in [1.165, 1.54) is 0 Å². The van der Waals surface area contributed by atoms with Gasteiger partial charge in [-0.25, -0.2) is 4.98 Å². The van der Waals surface area contributed by atoms with Crippen LogP contribution in [0.2, 0.25) is 5.02 Å².